The maximum absolute atomic E-state index is 11.9. The molecule has 0 spiro atoms. The van der Waals surface area contributed by atoms with Crippen molar-refractivity contribution in [2.75, 3.05) is 11.9 Å². The lowest BCUT2D eigenvalue weighted by atomic mass is 10.0. The van der Waals surface area contributed by atoms with Crippen LogP contribution < -0.4 is 5.32 Å². The van der Waals surface area contributed by atoms with Crippen molar-refractivity contribution in [2.45, 2.75) is 33.6 Å². The molecule has 0 aromatic heterocycles. The lowest BCUT2D eigenvalue weighted by molar-refractivity contribution is -0.117. The Bertz CT molecular complexity index is 497. The van der Waals surface area contributed by atoms with Crippen LogP contribution in [0.1, 0.15) is 37.8 Å². The maximum Gasteiger partial charge on any atom is 0.224 e. The molecule has 0 aliphatic carbocycles. The quantitative estimate of drug-likeness (QED) is 0.817. The van der Waals surface area contributed by atoms with E-state index < -0.39 is 0 Å². The number of nitrogens with one attached hydrogen (secondary N) is 1. The fraction of sp³-hybridized carbons (Fsp3) is 0.438. The van der Waals surface area contributed by atoms with Crippen LogP contribution >= 0.6 is 0 Å². The summed E-state index contributed by atoms with van der Waals surface area (Å²) in [5, 5.41) is 11.6. The van der Waals surface area contributed by atoms with Crippen LogP contribution in [-0.2, 0) is 4.79 Å². The number of amides is 1. The zero-order valence-electron chi connectivity index (χ0n) is 11.8. The van der Waals surface area contributed by atoms with Gasteiger partial charge in [0.1, 0.15) is 6.61 Å². The SMILES string of the molecule is CCC(C)CC(=O)Nc1cc(C#CCO)ccc1C. The van der Waals surface area contributed by atoms with Crippen molar-refractivity contribution < 1.29 is 9.90 Å². The molecule has 1 amide bonds. The molecule has 3 nitrogen and oxygen atoms in total. The Kier molecular flexibility index (Phi) is 6.11. The van der Waals surface area contributed by atoms with Crippen molar-refractivity contribution in [3.8, 4) is 11.8 Å². The largest absolute Gasteiger partial charge is 0.384 e. The van der Waals surface area contributed by atoms with Gasteiger partial charge in [-0.05, 0) is 30.5 Å². The topological polar surface area (TPSA) is 49.3 Å². The number of hydrogen-bond donors (Lipinski definition) is 2. The summed E-state index contributed by atoms with van der Waals surface area (Å²) in [6, 6.07) is 5.63. The van der Waals surface area contributed by atoms with Gasteiger partial charge >= 0.3 is 0 Å². The van der Waals surface area contributed by atoms with E-state index in [-0.39, 0.29) is 12.5 Å². The summed E-state index contributed by atoms with van der Waals surface area (Å²) in [5.41, 5.74) is 2.59. The molecular formula is C16H21NO2. The van der Waals surface area contributed by atoms with Crippen LogP contribution in [0.15, 0.2) is 18.2 Å². The van der Waals surface area contributed by atoms with Crippen LogP contribution in [0.5, 0.6) is 0 Å². The molecule has 0 aliphatic heterocycles. The van der Waals surface area contributed by atoms with Gasteiger partial charge in [0.25, 0.3) is 0 Å². The van der Waals surface area contributed by atoms with Crippen LogP contribution in [0, 0.1) is 24.7 Å². The van der Waals surface area contributed by atoms with Gasteiger partial charge in [0.05, 0.1) is 0 Å². The number of aryl methyl sites for hydroxylation is 1. The fourth-order valence-electron chi connectivity index (χ4n) is 1.64. The van der Waals surface area contributed by atoms with Gasteiger partial charge in [-0.25, -0.2) is 0 Å². The van der Waals surface area contributed by atoms with Gasteiger partial charge in [0.2, 0.25) is 5.91 Å². The van der Waals surface area contributed by atoms with E-state index in [1.807, 2.05) is 25.1 Å². The molecule has 0 saturated carbocycles. The molecule has 1 unspecified atom stereocenters. The first-order valence-electron chi connectivity index (χ1n) is 6.57. The van der Waals surface area contributed by atoms with Gasteiger partial charge in [-0.2, -0.15) is 0 Å². The molecule has 3 heteroatoms. The third-order valence-electron chi connectivity index (χ3n) is 3.05. The first-order chi connectivity index (χ1) is 9.06. The average Bonchev–Trinajstić information content (AvgIpc) is 2.39. The minimum absolute atomic E-state index is 0.0321. The lowest BCUT2D eigenvalue weighted by Gasteiger charge is -2.11. The highest BCUT2D eigenvalue weighted by Gasteiger charge is 2.09. The molecule has 0 fully saturated rings. The number of benzene rings is 1. The lowest BCUT2D eigenvalue weighted by Crippen LogP contribution is -2.15. The molecule has 1 atom stereocenters. The first-order valence-corrected chi connectivity index (χ1v) is 6.57. The standard InChI is InChI=1S/C16H21NO2/c1-4-12(2)10-16(19)17-15-11-14(6-5-9-18)8-7-13(15)3/h7-8,11-12,18H,4,9-10H2,1-3H3,(H,17,19). The summed E-state index contributed by atoms with van der Waals surface area (Å²) in [4.78, 5) is 11.9. The van der Waals surface area contributed by atoms with Crippen LogP contribution in [0.25, 0.3) is 0 Å². The zero-order chi connectivity index (χ0) is 14.3. The van der Waals surface area contributed by atoms with Gasteiger partial charge in [0, 0.05) is 17.7 Å². The Morgan fingerprint density at radius 3 is 2.84 bits per heavy atom. The normalized spacial score (nSPS) is 11.4. The highest BCUT2D eigenvalue weighted by molar-refractivity contribution is 5.91. The molecule has 19 heavy (non-hydrogen) atoms. The van der Waals surface area contributed by atoms with E-state index in [1.165, 1.54) is 0 Å². The van der Waals surface area contributed by atoms with E-state index in [4.69, 9.17) is 5.11 Å². The van der Waals surface area contributed by atoms with Crippen molar-refractivity contribution in [3.05, 3.63) is 29.3 Å². The molecule has 0 bridgehead atoms. The summed E-state index contributed by atoms with van der Waals surface area (Å²) in [6.07, 6.45) is 1.52. The first kappa shape index (κ1) is 15.3. The Morgan fingerprint density at radius 1 is 1.47 bits per heavy atom. The number of anilines is 1. The highest BCUT2D eigenvalue weighted by atomic mass is 16.2. The molecule has 1 aromatic carbocycles. The monoisotopic (exact) mass is 259 g/mol. The van der Waals surface area contributed by atoms with E-state index in [9.17, 15) is 4.79 Å². The third-order valence-corrected chi connectivity index (χ3v) is 3.05. The van der Waals surface area contributed by atoms with Gasteiger partial charge in [-0.3, -0.25) is 4.79 Å². The molecular weight excluding hydrogens is 238 g/mol. The van der Waals surface area contributed by atoms with Gasteiger partial charge < -0.3 is 10.4 Å². The minimum Gasteiger partial charge on any atom is -0.384 e. The Hall–Kier alpha value is -1.79. The molecule has 102 valence electrons. The number of carbonyl (C=O) groups excluding carboxylic acids is 1. The highest BCUT2D eigenvalue weighted by Crippen LogP contribution is 2.17. The Balaban J connectivity index is 2.79. The second kappa shape index (κ2) is 7.60. The number of hydrogen-bond acceptors (Lipinski definition) is 2. The van der Waals surface area contributed by atoms with E-state index in [2.05, 4.69) is 31.0 Å². The molecule has 0 radical (unpaired) electrons. The van der Waals surface area contributed by atoms with Crippen LogP contribution in [0.4, 0.5) is 5.69 Å². The third kappa shape index (κ3) is 5.15. The Morgan fingerprint density at radius 2 is 2.21 bits per heavy atom. The summed E-state index contributed by atoms with van der Waals surface area (Å²) in [5.74, 6) is 5.85. The van der Waals surface area contributed by atoms with Crippen molar-refractivity contribution in [2.24, 2.45) is 5.92 Å². The molecule has 0 aliphatic rings. The number of aliphatic hydroxyl groups is 1. The van der Waals surface area contributed by atoms with E-state index in [0.717, 1.165) is 23.2 Å². The second-order valence-electron chi connectivity index (χ2n) is 4.76. The second-order valence-corrected chi connectivity index (χ2v) is 4.76. The summed E-state index contributed by atoms with van der Waals surface area (Å²) in [6.45, 7) is 5.93. The van der Waals surface area contributed by atoms with Crippen molar-refractivity contribution in [3.63, 3.8) is 0 Å². The molecule has 1 rings (SSSR count). The van der Waals surface area contributed by atoms with Crippen molar-refractivity contribution in [1.82, 2.24) is 0 Å². The van der Waals surface area contributed by atoms with Crippen LogP contribution in [0.2, 0.25) is 0 Å². The van der Waals surface area contributed by atoms with Crippen molar-refractivity contribution >= 4 is 11.6 Å². The van der Waals surface area contributed by atoms with Crippen LogP contribution in [-0.4, -0.2) is 17.6 Å². The molecule has 0 saturated heterocycles. The summed E-state index contributed by atoms with van der Waals surface area (Å²) >= 11 is 0. The number of aliphatic hydroxyl groups excluding tert-OH is 1. The number of rotatable bonds is 4. The minimum atomic E-state index is -0.163. The van der Waals surface area contributed by atoms with Gasteiger partial charge in [0.15, 0.2) is 0 Å². The van der Waals surface area contributed by atoms with E-state index >= 15 is 0 Å². The van der Waals surface area contributed by atoms with Crippen molar-refractivity contribution in [1.29, 1.82) is 0 Å². The molecule has 1 aromatic rings. The Labute approximate surface area is 115 Å². The van der Waals surface area contributed by atoms with Crippen LogP contribution in [0.3, 0.4) is 0 Å². The van der Waals surface area contributed by atoms with Gasteiger partial charge in [-0.1, -0.05) is 38.2 Å². The zero-order valence-corrected chi connectivity index (χ0v) is 11.8. The van der Waals surface area contributed by atoms with E-state index in [1.54, 1.807) is 0 Å². The molecule has 0 heterocycles. The number of carbonyl (C=O) groups is 1. The fourth-order valence-corrected chi connectivity index (χ4v) is 1.64. The smallest absolute Gasteiger partial charge is 0.224 e. The van der Waals surface area contributed by atoms with E-state index in [0.29, 0.717) is 12.3 Å². The predicted molar refractivity (Wildman–Crippen MR) is 77.8 cm³/mol. The summed E-state index contributed by atoms with van der Waals surface area (Å²) < 4.78 is 0. The maximum atomic E-state index is 11.9. The van der Waals surface area contributed by atoms with Gasteiger partial charge in [-0.15, -0.1) is 0 Å². The average molecular weight is 259 g/mol. The summed E-state index contributed by atoms with van der Waals surface area (Å²) in [7, 11) is 0. The molecule has 2 N–H and O–H groups in total. The predicted octanol–water partition coefficient (Wildman–Crippen LogP) is 2.71.